The summed E-state index contributed by atoms with van der Waals surface area (Å²) in [6.07, 6.45) is 2.25. The quantitative estimate of drug-likeness (QED) is 0.680. The maximum absolute atomic E-state index is 11.5. The zero-order valence-corrected chi connectivity index (χ0v) is 7.54. The van der Waals surface area contributed by atoms with E-state index in [0.717, 1.165) is 12.8 Å². The third-order valence-corrected chi connectivity index (χ3v) is 2.50. The first kappa shape index (κ1) is 7.67. The van der Waals surface area contributed by atoms with Crippen molar-refractivity contribution >= 4 is 17.4 Å². The van der Waals surface area contributed by atoms with Gasteiger partial charge in [0, 0.05) is 18.5 Å². The molecular formula is C7H9N3OS. The molecule has 1 aliphatic carbocycles. The minimum atomic E-state index is -0.00810. The molecule has 12 heavy (non-hydrogen) atoms. The Balaban J connectivity index is 2.09. The van der Waals surface area contributed by atoms with Gasteiger partial charge in [0.05, 0.1) is 0 Å². The van der Waals surface area contributed by atoms with Crippen molar-refractivity contribution < 1.29 is 4.79 Å². The molecule has 0 aromatic carbocycles. The minimum absolute atomic E-state index is 0.00810. The smallest absolute Gasteiger partial charge is 0.275 e. The van der Waals surface area contributed by atoms with Crippen LogP contribution in [-0.2, 0) is 0 Å². The van der Waals surface area contributed by atoms with E-state index in [1.165, 1.54) is 11.5 Å². The molecule has 4 nitrogen and oxygen atoms in total. The Bertz CT molecular complexity index is 281. The summed E-state index contributed by atoms with van der Waals surface area (Å²) in [5, 5.41) is 5.41. The second-order valence-electron chi connectivity index (χ2n) is 2.94. The van der Waals surface area contributed by atoms with Crippen LogP contribution >= 0.6 is 11.5 Å². The van der Waals surface area contributed by atoms with Gasteiger partial charge in [-0.15, -0.1) is 5.10 Å². The fraction of sp³-hybridized carbons (Fsp3) is 0.571. The second kappa shape index (κ2) is 2.82. The van der Waals surface area contributed by atoms with Crippen LogP contribution in [0.4, 0.5) is 0 Å². The first-order valence-corrected chi connectivity index (χ1v) is 4.67. The van der Waals surface area contributed by atoms with Gasteiger partial charge in [-0.25, -0.2) is 0 Å². The summed E-state index contributed by atoms with van der Waals surface area (Å²) in [4.78, 5) is 13.3. The van der Waals surface area contributed by atoms with Gasteiger partial charge in [-0.05, 0) is 24.4 Å². The van der Waals surface area contributed by atoms with Crippen molar-refractivity contribution in [3.05, 3.63) is 11.1 Å². The highest BCUT2D eigenvalue weighted by molar-refractivity contribution is 7.03. The molecule has 0 bridgehead atoms. The predicted octanol–water partition coefficient (Wildman–Crippen LogP) is 0.772. The molecular weight excluding hydrogens is 174 g/mol. The Morgan fingerprint density at radius 1 is 1.75 bits per heavy atom. The summed E-state index contributed by atoms with van der Waals surface area (Å²) >= 11 is 1.21. The molecule has 1 heterocycles. The molecule has 0 unspecified atom stereocenters. The van der Waals surface area contributed by atoms with Gasteiger partial charge in [-0.2, -0.15) is 0 Å². The van der Waals surface area contributed by atoms with Crippen molar-refractivity contribution in [2.75, 3.05) is 7.05 Å². The van der Waals surface area contributed by atoms with Gasteiger partial charge < -0.3 is 4.90 Å². The lowest BCUT2D eigenvalue weighted by Crippen LogP contribution is -2.28. The summed E-state index contributed by atoms with van der Waals surface area (Å²) in [6.45, 7) is 0. The van der Waals surface area contributed by atoms with Crippen LogP contribution in [-0.4, -0.2) is 33.5 Å². The number of aromatic nitrogens is 2. The van der Waals surface area contributed by atoms with Crippen LogP contribution < -0.4 is 0 Å². The van der Waals surface area contributed by atoms with Crippen molar-refractivity contribution in [3.63, 3.8) is 0 Å². The van der Waals surface area contributed by atoms with Gasteiger partial charge in [-0.3, -0.25) is 4.79 Å². The molecule has 1 aromatic heterocycles. The lowest BCUT2D eigenvalue weighted by Gasteiger charge is -2.13. The van der Waals surface area contributed by atoms with Crippen molar-refractivity contribution in [3.8, 4) is 0 Å². The van der Waals surface area contributed by atoms with E-state index in [2.05, 4.69) is 9.59 Å². The van der Waals surface area contributed by atoms with Gasteiger partial charge in [0.15, 0.2) is 5.69 Å². The number of carbonyl (C=O) groups excluding carboxylic acids is 1. The van der Waals surface area contributed by atoms with E-state index in [9.17, 15) is 4.79 Å². The summed E-state index contributed by atoms with van der Waals surface area (Å²) in [5.41, 5.74) is 0.467. The number of amides is 1. The Labute approximate surface area is 74.4 Å². The number of carbonyl (C=O) groups is 1. The highest BCUT2D eigenvalue weighted by atomic mass is 32.1. The molecule has 0 aliphatic heterocycles. The fourth-order valence-electron chi connectivity index (χ4n) is 1.07. The average molecular weight is 183 g/mol. The van der Waals surface area contributed by atoms with Crippen molar-refractivity contribution in [2.24, 2.45) is 0 Å². The summed E-state index contributed by atoms with van der Waals surface area (Å²) in [6, 6.07) is 0.444. The van der Waals surface area contributed by atoms with E-state index in [1.807, 2.05) is 7.05 Å². The highest BCUT2D eigenvalue weighted by Gasteiger charge is 2.30. The van der Waals surface area contributed by atoms with Crippen LogP contribution in [0.15, 0.2) is 5.38 Å². The van der Waals surface area contributed by atoms with Crippen molar-refractivity contribution in [1.82, 2.24) is 14.5 Å². The first-order chi connectivity index (χ1) is 5.79. The van der Waals surface area contributed by atoms with E-state index in [4.69, 9.17) is 0 Å². The lowest BCUT2D eigenvalue weighted by molar-refractivity contribution is 0.0779. The van der Waals surface area contributed by atoms with Gasteiger partial charge in [0.2, 0.25) is 0 Å². The van der Waals surface area contributed by atoms with Crippen LogP contribution in [0.1, 0.15) is 23.3 Å². The predicted molar refractivity (Wildman–Crippen MR) is 45.0 cm³/mol. The molecule has 0 N–H and O–H groups in total. The highest BCUT2D eigenvalue weighted by Crippen LogP contribution is 2.26. The van der Waals surface area contributed by atoms with Gasteiger partial charge in [0.25, 0.3) is 5.91 Å². The van der Waals surface area contributed by atoms with Crippen LogP contribution in [0.5, 0.6) is 0 Å². The molecule has 1 saturated carbocycles. The van der Waals surface area contributed by atoms with Crippen LogP contribution in [0.3, 0.4) is 0 Å². The molecule has 1 aromatic rings. The fourth-order valence-corrected chi connectivity index (χ4v) is 1.50. The van der Waals surface area contributed by atoms with Gasteiger partial charge in [0.1, 0.15) is 0 Å². The van der Waals surface area contributed by atoms with Crippen molar-refractivity contribution in [1.29, 1.82) is 0 Å². The Hall–Kier alpha value is -0.970. The molecule has 0 spiro atoms. The Kier molecular flexibility index (Phi) is 1.80. The summed E-state index contributed by atoms with van der Waals surface area (Å²) in [5.74, 6) is -0.00810. The molecule has 0 atom stereocenters. The zero-order valence-electron chi connectivity index (χ0n) is 6.73. The largest absolute Gasteiger partial charge is 0.337 e. The van der Waals surface area contributed by atoms with E-state index in [0.29, 0.717) is 11.7 Å². The number of hydrogen-bond acceptors (Lipinski definition) is 4. The molecule has 2 rings (SSSR count). The third-order valence-electron chi connectivity index (χ3n) is 1.99. The minimum Gasteiger partial charge on any atom is -0.337 e. The molecule has 1 fully saturated rings. The van der Waals surface area contributed by atoms with E-state index in [-0.39, 0.29) is 5.91 Å². The third kappa shape index (κ3) is 1.32. The second-order valence-corrected chi connectivity index (χ2v) is 3.55. The SMILES string of the molecule is CN(C(=O)c1csnn1)C1CC1. The summed E-state index contributed by atoms with van der Waals surface area (Å²) in [7, 11) is 1.82. The van der Waals surface area contributed by atoms with Crippen molar-refractivity contribution in [2.45, 2.75) is 18.9 Å². The lowest BCUT2D eigenvalue weighted by atomic mass is 10.4. The molecule has 64 valence electrons. The summed E-state index contributed by atoms with van der Waals surface area (Å²) < 4.78 is 3.65. The molecule has 0 saturated heterocycles. The normalized spacial score (nSPS) is 16.1. The maximum Gasteiger partial charge on any atom is 0.275 e. The first-order valence-electron chi connectivity index (χ1n) is 3.83. The molecule has 1 amide bonds. The van der Waals surface area contributed by atoms with E-state index < -0.39 is 0 Å². The zero-order chi connectivity index (χ0) is 8.55. The Morgan fingerprint density at radius 3 is 3.00 bits per heavy atom. The van der Waals surface area contributed by atoms with Crippen LogP contribution in [0.25, 0.3) is 0 Å². The molecule has 1 aliphatic rings. The van der Waals surface area contributed by atoms with Gasteiger partial charge in [-0.1, -0.05) is 4.49 Å². The Morgan fingerprint density at radius 2 is 2.50 bits per heavy atom. The maximum atomic E-state index is 11.5. The monoisotopic (exact) mass is 183 g/mol. The topological polar surface area (TPSA) is 46.1 Å². The van der Waals surface area contributed by atoms with Crippen LogP contribution in [0.2, 0.25) is 0 Å². The standard InChI is InChI=1S/C7H9N3OS/c1-10(5-2-3-5)7(11)6-4-12-9-8-6/h4-5H,2-3H2,1H3. The van der Waals surface area contributed by atoms with Crippen LogP contribution in [0, 0.1) is 0 Å². The number of rotatable bonds is 2. The number of hydrogen-bond donors (Lipinski definition) is 0. The van der Waals surface area contributed by atoms with E-state index >= 15 is 0 Å². The van der Waals surface area contributed by atoms with E-state index in [1.54, 1.807) is 10.3 Å². The molecule has 5 heteroatoms. The number of nitrogens with zero attached hydrogens (tertiary/aromatic N) is 3. The van der Waals surface area contributed by atoms with Gasteiger partial charge >= 0.3 is 0 Å². The average Bonchev–Trinajstić information content (AvgIpc) is 2.79. The molecule has 0 radical (unpaired) electrons.